The summed E-state index contributed by atoms with van der Waals surface area (Å²) in [7, 11) is 1.65. The molecule has 0 atom stereocenters. The van der Waals surface area contributed by atoms with Crippen molar-refractivity contribution in [1.82, 2.24) is 0 Å². The molecular formula is C16H25O5. The zero-order chi connectivity index (χ0) is 15.2. The van der Waals surface area contributed by atoms with Crippen molar-refractivity contribution in [3.05, 3.63) is 36.8 Å². The topological polar surface area (TPSA) is 46.2 Å². The van der Waals surface area contributed by atoms with Gasteiger partial charge in [-0.15, -0.1) is 0 Å². The molecule has 0 aliphatic rings. The minimum absolute atomic E-state index is 0.517. The van der Waals surface area contributed by atoms with E-state index in [0.29, 0.717) is 52.9 Å². The highest BCUT2D eigenvalue weighted by molar-refractivity contribution is 5.29. The molecule has 0 aliphatic heterocycles. The zero-order valence-electron chi connectivity index (χ0n) is 12.7. The Morgan fingerprint density at radius 3 is 1.95 bits per heavy atom. The maximum Gasteiger partial charge on any atom is 0.119 e. The van der Waals surface area contributed by atoms with Crippen LogP contribution in [0.1, 0.15) is 5.56 Å². The van der Waals surface area contributed by atoms with Crippen molar-refractivity contribution in [2.75, 3.05) is 60.0 Å². The second kappa shape index (κ2) is 12.6. The molecule has 0 spiro atoms. The fourth-order valence-corrected chi connectivity index (χ4v) is 1.54. The van der Waals surface area contributed by atoms with E-state index >= 15 is 0 Å². The lowest BCUT2D eigenvalue weighted by molar-refractivity contribution is 0.000163. The van der Waals surface area contributed by atoms with Gasteiger partial charge in [-0.3, -0.25) is 0 Å². The standard InChI is InChI=1S/C16H25O5/c1-15-4-3-5-16(14-15)21-13-12-20-11-10-19-9-8-18-7-6-17-2/h3-5,14H,1,6-13H2,2H3. The van der Waals surface area contributed by atoms with Crippen molar-refractivity contribution in [1.29, 1.82) is 0 Å². The van der Waals surface area contributed by atoms with Gasteiger partial charge in [-0.25, -0.2) is 0 Å². The molecule has 21 heavy (non-hydrogen) atoms. The van der Waals surface area contributed by atoms with Gasteiger partial charge in [0.15, 0.2) is 0 Å². The highest BCUT2D eigenvalue weighted by Gasteiger charge is 1.95. The van der Waals surface area contributed by atoms with E-state index in [1.807, 2.05) is 24.3 Å². The van der Waals surface area contributed by atoms with Gasteiger partial charge < -0.3 is 23.7 Å². The fourth-order valence-electron chi connectivity index (χ4n) is 1.54. The van der Waals surface area contributed by atoms with Crippen molar-refractivity contribution >= 4 is 0 Å². The van der Waals surface area contributed by atoms with Crippen LogP contribution in [0.25, 0.3) is 0 Å². The number of rotatable bonds is 13. The smallest absolute Gasteiger partial charge is 0.119 e. The summed E-state index contributed by atoms with van der Waals surface area (Å²) in [5.74, 6) is 0.815. The van der Waals surface area contributed by atoms with E-state index in [2.05, 4.69) is 6.92 Å². The highest BCUT2D eigenvalue weighted by atomic mass is 16.6. The van der Waals surface area contributed by atoms with Crippen LogP contribution in [-0.4, -0.2) is 60.0 Å². The lowest BCUT2D eigenvalue weighted by atomic mass is 10.2. The Bertz CT molecular complexity index is 356. The third kappa shape index (κ3) is 10.3. The van der Waals surface area contributed by atoms with Crippen LogP contribution in [0.15, 0.2) is 24.3 Å². The Labute approximate surface area is 127 Å². The molecule has 0 aliphatic carbocycles. The molecule has 1 radical (unpaired) electrons. The molecular weight excluding hydrogens is 272 g/mol. The van der Waals surface area contributed by atoms with Gasteiger partial charge in [0.2, 0.25) is 0 Å². The average Bonchev–Trinajstić information content (AvgIpc) is 2.48. The van der Waals surface area contributed by atoms with Crippen LogP contribution in [0.4, 0.5) is 0 Å². The first kappa shape index (κ1) is 17.9. The monoisotopic (exact) mass is 297 g/mol. The summed E-state index contributed by atoms with van der Waals surface area (Å²) in [6.07, 6.45) is 0. The first-order chi connectivity index (χ1) is 10.3. The third-order valence-corrected chi connectivity index (χ3v) is 2.57. The van der Waals surface area contributed by atoms with Gasteiger partial charge in [0.05, 0.1) is 46.2 Å². The molecule has 0 amide bonds. The molecule has 0 fully saturated rings. The van der Waals surface area contributed by atoms with Crippen LogP contribution in [0.5, 0.6) is 5.75 Å². The van der Waals surface area contributed by atoms with Crippen molar-refractivity contribution in [3.63, 3.8) is 0 Å². The summed E-state index contributed by atoms with van der Waals surface area (Å²) in [6.45, 7) is 8.37. The molecule has 0 bridgehead atoms. The Morgan fingerprint density at radius 2 is 1.38 bits per heavy atom. The minimum Gasteiger partial charge on any atom is -0.491 e. The molecule has 1 rings (SSSR count). The molecule has 119 valence electrons. The van der Waals surface area contributed by atoms with Crippen LogP contribution >= 0.6 is 0 Å². The second-order valence-electron chi connectivity index (χ2n) is 4.33. The lowest BCUT2D eigenvalue weighted by Gasteiger charge is -2.08. The SMILES string of the molecule is [CH2]c1cccc(OCCOCCOCCOCCOC)c1. The lowest BCUT2D eigenvalue weighted by Crippen LogP contribution is -2.13. The summed E-state index contributed by atoms with van der Waals surface area (Å²) >= 11 is 0. The van der Waals surface area contributed by atoms with Crippen molar-refractivity contribution in [2.24, 2.45) is 0 Å². The Balaban J connectivity index is 1.82. The normalized spacial score (nSPS) is 10.8. The predicted octanol–water partition coefficient (Wildman–Crippen LogP) is 1.94. The number of methoxy groups -OCH3 is 1. The Hall–Kier alpha value is -1.14. The molecule has 0 saturated heterocycles. The van der Waals surface area contributed by atoms with Gasteiger partial charge in [-0.2, -0.15) is 0 Å². The molecule has 0 aromatic heterocycles. The Morgan fingerprint density at radius 1 is 0.810 bits per heavy atom. The van der Waals surface area contributed by atoms with Gasteiger partial charge >= 0.3 is 0 Å². The number of ether oxygens (including phenoxy) is 5. The maximum absolute atomic E-state index is 5.53. The molecule has 0 saturated carbocycles. The fraction of sp³-hybridized carbons (Fsp3) is 0.562. The van der Waals surface area contributed by atoms with Crippen LogP contribution < -0.4 is 4.74 Å². The van der Waals surface area contributed by atoms with Gasteiger partial charge in [-0.05, 0) is 24.6 Å². The van der Waals surface area contributed by atoms with Gasteiger partial charge in [-0.1, -0.05) is 12.1 Å². The van der Waals surface area contributed by atoms with Crippen molar-refractivity contribution < 1.29 is 23.7 Å². The van der Waals surface area contributed by atoms with Crippen molar-refractivity contribution in [3.8, 4) is 5.75 Å². The third-order valence-electron chi connectivity index (χ3n) is 2.57. The summed E-state index contributed by atoms with van der Waals surface area (Å²) < 4.78 is 26.4. The number of hydrogen-bond acceptors (Lipinski definition) is 5. The summed E-state index contributed by atoms with van der Waals surface area (Å²) in [5.41, 5.74) is 0.939. The largest absolute Gasteiger partial charge is 0.491 e. The van der Waals surface area contributed by atoms with Gasteiger partial charge in [0.1, 0.15) is 12.4 Å². The van der Waals surface area contributed by atoms with E-state index in [0.717, 1.165) is 11.3 Å². The van der Waals surface area contributed by atoms with E-state index in [4.69, 9.17) is 23.7 Å². The molecule has 0 N–H and O–H groups in total. The van der Waals surface area contributed by atoms with Gasteiger partial charge in [0.25, 0.3) is 0 Å². The molecule has 5 nitrogen and oxygen atoms in total. The molecule has 1 aromatic carbocycles. The van der Waals surface area contributed by atoms with Crippen molar-refractivity contribution in [2.45, 2.75) is 0 Å². The van der Waals surface area contributed by atoms with Gasteiger partial charge in [0, 0.05) is 7.11 Å². The maximum atomic E-state index is 5.53. The van der Waals surface area contributed by atoms with E-state index in [9.17, 15) is 0 Å². The molecule has 0 unspecified atom stereocenters. The van der Waals surface area contributed by atoms with Crippen LogP contribution in [0, 0.1) is 6.92 Å². The van der Waals surface area contributed by atoms with E-state index in [1.165, 1.54) is 0 Å². The van der Waals surface area contributed by atoms with Crippen LogP contribution in [0.3, 0.4) is 0 Å². The Kier molecular flexibility index (Phi) is 10.7. The molecule has 0 heterocycles. The predicted molar refractivity (Wildman–Crippen MR) is 80.7 cm³/mol. The minimum atomic E-state index is 0.517. The average molecular weight is 297 g/mol. The highest BCUT2D eigenvalue weighted by Crippen LogP contribution is 2.11. The number of benzene rings is 1. The first-order valence-electron chi connectivity index (χ1n) is 7.10. The van der Waals surface area contributed by atoms with Crippen LogP contribution in [0.2, 0.25) is 0 Å². The second-order valence-corrected chi connectivity index (χ2v) is 4.33. The molecule has 1 aromatic rings. The quantitative estimate of drug-likeness (QED) is 0.521. The summed E-state index contributed by atoms with van der Waals surface area (Å²) in [4.78, 5) is 0. The van der Waals surface area contributed by atoms with E-state index < -0.39 is 0 Å². The number of hydrogen-bond donors (Lipinski definition) is 0. The summed E-state index contributed by atoms with van der Waals surface area (Å²) in [5, 5.41) is 0. The molecule has 5 heteroatoms. The van der Waals surface area contributed by atoms with E-state index in [1.54, 1.807) is 7.11 Å². The summed E-state index contributed by atoms with van der Waals surface area (Å²) in [6, 6.07) is 7.65. The van der Waals surface area contributed by atoms with Crippen LogP contribution in [-0.2, 0) is 18.9 Å². The first-order valence-corrected chi connectivity index (χ1v) is 7.10. The van der Waals surface area contributed by atoms with E-state index in [-0.39, 0.29) is 0 Å². The zero-order valence-corrected chi connectivity index (χ0v) is 12.7.